The van der Waals surface area contributed by atoms with Crippen LogP contribution >= 0.6 is 0 Å². The summed E-state index contributed by atoms with van der Waals surface area (Å²) in [4.78, 5) is 13.4. The Morgan fingerprint density at radius 3 is 2.67 bits per heavy atom. The van der Waals surface area contributed by atoms with E-state index in [4.69, 9.17) is 15.6 Å². The highest BCUT2D eigenvalue weighted by Gasteiger charge is 2.35. The molecule has 2 heterocycles. The van der Waals surface area contributed by atoms with Crippen LogP contribution in [0.5, 0.6) is 0 Å². The molecule has 85 valence electrons. The van der Waals surface area contributed by atoms with Crippen LogP contribution in [0.3, 0.4) is 0 Å². The maximum atomic E-state index is 11.7. The molecule has 3 atom stereocenters. The van der Waals surface area contributed by atoms with Crippen molar-refractivity contribution in [3.8, 4) is 0 Å². The molecule has 2 saturated heterocycles. The van der Waals surface area contributed by atoms with Crippen molar-refractivity contribution in [1.29, 1.82) is 0 Å². The molecule has 3 N–H and O–H groups in total. The number of amides is 1. The first-order chi connectivity index (χ1) is 7.20. The molecular formula is C9H16N3O3. The predicted molar refractivity (Wildman–Crippen MR) is 52.2 cm³/mol. The topological polar surface area (TPSA) is 89.9 Å². The van der Waals surface area contributed by atoms with Crippen LogP contribution in [-0.4, -0.2) is 66.9 Å². The Bertz CT molecular complexity index is 237. The zero-order valence-corrected chi connectivity index (χ0v) is 8.50. The molecule has 1 amide bonds. The summed E-state index contributed by atoms with van der Waals surface area (Å²) < 4.78 is 5.63. The van der Waals surface area contributed by atoms with Gasteiger partial charge in [0.2, 0.25) is 5.91 Å². The molecule has 0 spiro atoms. The van der Waals surface area contributed by atoms with Crippen molar-refractivity contribution < 1.29 is 14.6 Å². The van der Waals surface area contributed by atoms with Crippen LogP contribution in [0, 0.1) is 0 Å². The lowest BCUT2D eigenvalue weighted by Crippen LogP contribution is -2.60. The molecule has 0 aromatic carbocycles. The number of carbonyl (C=O) groups excluding carboxylic acids is 1. The molecule has 15 heavy (non-hydrogen) atoms. The fourth-order valence-corrected chi connectivity index (χ4v) is 1.98. The van der Waals surface area contributed by atoms with Gasteiger partial charge in [-0.15, -0.1) is 0 Å². The number of fused-ring (bicyclic) bond motifs is 2. The second-order valence-corrected chi connectivity index (χ2v) is 4.00. The Hall–Kier alpha value is -0.690. The highest BCUT2D eigenvalue weighted by molar-refractivity contribution is 5.81. The van der Waals surface area contributed by atoms with Crippen LogP contribution in [0.2, 0.25) is 0 Å². The third kappa shape index (κ3) is 2.28. The van der Waals surface area contributed by atoms with Crippen molar-refractivity contribution in [2.45, 2.75) is 18.2 Å². The molecule has 0 aliphatic carbocycles. The molecule has 0 aromatic heterocycles. The summed E-state index contributed by atoms with van der Waals surface area (Å²) in [7, 11) is 0. The molecule has 2 bridgehead atoms. The molecule has 0 aromatic rings. The molecule has 0 saturated carbocycles. The Labute approximate surface area is 88.4 Å². The summed E-state index contributed by atoms with van der Waals surface area (Å²) in [5, 5.41) is 13.1. The van der Waals surface area contributed by atoms with E-state index in [1.165, 1.54) is 0 Å². The van der Waals surface area contributed by atoms with Gasteiger partial charge in [-0.1, -0.05) is 0 Å². The van der Waals surface area contributed by atoms with Crippen molar-refractivity contribution >= 4 is 5.91 Å². The van der Waals surface area contributed by atoms with Gasteiger partial charge in [0.25, 0.3) is 0 Å². The number of hydrogen-bond acceptors (Lipinski definition) is 4. The molecule has 6 nitrogen and oxygen atoms in total. The maximum absolute atomic E-state index is 11.7. The van der Waals surface area contributed by atoms with Crippen molar-refractivity contribution in [2.24, 2.45) is 5.73 Å². The molecule has 1 radical (unpaired) electrons. The quantitative estimate of drug-likeness (QED) is 0.532. The summed E-state index contributed by atoms with van der Waals surface area (Å²) in [6.07, 6.45) is 0.0136. The number of aliphatic hydroxyl groups is 1. The second-order valence-electron chi connectivity index (χ2n) is 4.00. The number of rotatable bonds is 2. The number of aliphatic hydroxyl groups excluding tert-OH is 1. The van der Waals surface area contributed by atoms with E-state index in [1.807, 2.05) is 0 Å². The van der Waals surface area contributed by atoms with Crippen molar-refractivity contribution in [1.82, 2.24) is 10.2 Å². The van der Waals surface area contributed by atoms with Gasteiger partial charge in [0.15, 0.2) is 0 Å². The van der Waals surface area contributed by atoms with E-state index < -0.39 is 6.04 Å². The molecule has 6 heteroatoms. The summed E-state index contributed by atoms with van der Waals surface area (Å²) in [6.45, 7) is 2.05. The number of morpholine rings is 2. The average Bonchev–Trinajstić information content (AvgIpc) is 2.26. The molecule has 2 aliphatic rings. The van der Waals surface area contributed by atoms with Crippen LogP contribution in [0.25, 0.3) is 0 Å². The standard InChI is InChI=1S/C9H16N3O3/c10-8(5-13)9(14)12-3-6-1-11-2-7(4-12)15-6/h6-8,13H,1-5,10H2/t6?,7?,8-/m0/s1. The highest BCUT2D eigenvalue weighted by Crippen LogP contribution is 2.15. The fourth-order valence-electron chi connectivity index (χ4n) is 1.98. The lowest BCUT2D eigenvalue weighted by molar-refractivity contribution is -0.151. The summed E-state index contributed by atoms with van der Waals surface area (Å²) in [5.74, 6) is -0.197. The van der Waals surface area contributed by atoms with Gasteiger partial charge in [0.05, 0.1) is 18.8 Å². The first-order valence-corrected chi connectivity index (χ1v) is 5.14. The van der Waals surface area contributed by atoms with E-state index in [-0.39, 0.29) is 24.7 Å². The lowest BCUT2D eigenvalue weighted by Gasteiger charge is -2.41. The number of ether oxygens (including phenoxy) is 1. The number of nitrogens with two attached hydrogens (primary N) is 1. The summed E-state index contributed by atoms with van der Waals surface area (Å²) in [6, 6.07) is -0.805. The zero-order valence-electron chi connectivity index (χ0n) is 8.50. The van der Waals surface area contributed by atoms with E-state index in [9.17, 15) is 4.79 Å². The Morgan fingerprint density at radius 2 is 2.13 bits per heavy atom. The molecular weight excluding hydrogens is 198 g/mol. The first kappa shape index (κ1) is 10.8. The van der Waals surface area contributed by atoms with Gasteiger partial charge in [-0.3, -0.25) is 4.79 Å². The van der Waals surface area contributed by atoms with Gasteiger partial charge < -0.3 is 20.5 Å². The van der Waals surface area contributed by atoms with Gasteiger partial charge in [-0.2, -0.15) is 0 Å². The van der Waals surface area contributed by atoms with E-state index in [2.05, 4.69) is 5.32 Å². The molecule has 2 rings (SSSR count). The minimum absolute atomic E-state index is 0.00680. The Kier molecular flexibility index (Phi) is 3.20. The van der Waals surface area contributed by atoms with E-state index in [1.54, 1.807) is 4.90 Å². The first-order valence-electron chi connectivity index (χ1n) is 5.14. The van der Waals surface area contributed by atoms with Gasteiger partial charge in [0.1, 0.15) is 6.04 Å². The molecule has 2 unspecified atom stereocenters. The minimum Gasteiger partial charge on any atom is -0.394 e. The lowest BCUT2D eigenvalue weighted by atomic mass is 10.1. The summed E-state index contributed by atoms with van der Waals surface area (Å²) >= 11 is 0. The van der Waals surface area contributed by atoms with E-state index >= 15 is 0 Å². The van der Waals surface area contributed by atoms with E-state index in [0.29, 0.717) is 26.2 Å². The smallest absolute Gasteiger partial charge is 0.242 e. The molecule has 2 aliphatic heterocycles. The van der Waals surface area contributed by atoms with Crippen molar-refractivity contribution in [3.05, 3.63) is 0 Å². The average molecular weight is 214 g/mol. The zero-order chi connectivity index (χ0) is 10.8. The Balaban J connectivity index is 1.96. The van der Waals surface area contributed by atoms with Crippen molar-refractivity contribution in [2.75, 3.05) is 32.8 Å². The van der Waals surface area contributed by atoms with Crippen LogP contribution in [0.1, 0.15) is 0 Å². The van der Waals surface area contributed by atoms with Gasteiger partial charge in [-0.05, 0) is 0 Å². The maximum Gasteiger partial charge on any atom is 0.242 e. The normalized spacial score (nSPS) is 32.5. The summed E-state index contributed by atoms with van der Waals surface area (Å²) in [5.41, 5.74) is 5.49. The monoisotopic (exact) mass is 214 g/mol. The number of hydrogen-bond donors (Lipinski definition) is 2. The van der Waals surface area contributed by atoms with Gasteiger partial charge in [0, 0.05) is 26.2 Å². The number of nitrogens with zero attached hydrogens (tertiary/aromatic N) is 2. The Morgan fingerprint density at radius 1 is 1.53 bits per heavy atom. The minimum atomic E-state index is -0.805. The van der Waals surface area contributed by atoms with Crippen LogP contribution < -0.4 is 11.1 Å². The van der Waals surface area contributed by atoms with E-state index in [0.717, 1.165) is 0 Å². The van der Waals surface area contributed by atoms with Gasteiger partial charge in [-0.25, -0.2) is 5.32 Å². The predicted octanol–water partition coefficient (Wildman–Crippen LogP) is -2.48. The highest BCUT2D eigenvalue weighted by atomic mass is 16.5. The fraction of sp³-hybridized carbons (Fsp3) is 0.889. The third-order valence-electron chi connectivity index (χ3n) is 2.72. The largest absolute Gasteiger partial charge is 0.394 e. The second kappa shape index (κ2) is 4.44. The van der Waals surface area contributed by atoms with Crippen LogP contribution in [0.15, 0.2) is 0 Å². The van der Waals surface area contributed by atoms with Crippen LogP contribution in [-0.2, 0) is 9.53 Å². The number of carbonyl (C=O) groups is 1. The van der Waals surface area contributed by atoms with Crippen LogP contribution in [0.4, 0.5) is 0 Å². The third-order valence-corrected chi connectivity index (χ3v) is 2.72. The van der Waals surface area contributed by atoms with Crippen molar-refractivity contribution in [3.63, 3.8) is 0 Å². The SMILES string of the molecule is N[C@@H](CO)C(=O)N1CC2C[N]CC(C1)O2. The molecule has 2 fully saturated rings. The van der Waals surface area contributed by atoms with Gasteiger partial charge >= 0.3 is 0 Å².